The highest BCUT2D eigenvalue weighted by molar-refractivity contribution is 5.66. The molecule has 2 rings (SSSR count). The van der Waals surface area contributed by atoms with E-state index in [1.807, 2.05) is 13.0 Å². The van der Waals surface area contributed by atoms with Crippen molar-refractivity contribution in [3.8, 4) is 0 Å². The van der Waals surface area contributed by atoms with E-state index in [1.54, 1.807) is 0 Å². The van der Waals surface area contributed by atoms with E-state index in [9.17, 15) is 0 Å². The van der Waals surface area contributed by atoms with Gasteiger partial charge in [-0.25, -0.2) is 0 Å². The lowest BCUT2D eigenvalue weighted by Gasteiger charge is -2.25. The van der Waals surface area contributed by atoms with Gasteiger partial charge in [0, 0.05) is 11.0 Å². The average molecular weight is 203 g/mol. The predicted octanol–water partition coefficient (Wildman–Crippen LogP) is 3.69. The summed E-state index contributed by atoms with van der Waals surface area (Å²) >= 11 is 0. The molecule has 1 aliphatic rings. The zero-order valence-corrected chi connectivity index (χ0v) is 9.74. The Hall–Kier alpha value is -1.31. The number of aryl methyl sites for hydroxylation is 1. The van der Waals surface area contributed by atoms with Gasteiger partial charge in [0.2, 0.25) is 0 Å². The lowest BCUT2D eigenvalue weighted by molar-refractivity contribution is 0.384. The fraction of sp³-hybridized carbons (Fsp3) is 0.462. The Labute approximate surface area is 90.7 Å². The van der Waals surface area contributed by atoms with Gasteiger partial charge in [-0.2, -0.15) is 0 Å². The van der Waals surface area contributed by atoms with Crippen LogP contribution in [0.3, 0.4) is 0 Å². The first-order valence-electron chi connectivity index (χ1n) is 5.38. The third-order valence-corrected chi connectivity index (χ3v) is 3.38. The summed E-state index contributed by atoms with van der Waals surface area (Å²) in [5, 5.41) is 3.96. The van der Waals surface area contributed by atoms with Crippen LogP contribution in [-0.4, -0.2) is 5.16 Å². The summed E-state index contributed by atoms with van der Waals surface area (Å²) in [5.41, 5.74) is 2.17. The summed E-state index contributed by atoms with van der Waals surface area (Å²) in [6.07, 6.45) is 8.60. The maximum absolute atomic E-state index is 5.25. The number of fused-ring (bicyclic) bond motifs is 1. The number of allylic oxidation sites excluding steroid dienone is 2. The van der Waals surface area contributed by atoms with E-state index < -0.39 is 0 Å². The van der Waals surface area contributed by atoms with Crippen LogP contribution >= 0.6 is 0 Å². The molecule has 0 saturated heterocycles. The topological polar surface area (TPSA) is 26.0 Å². The number of aromatic nitrogens is 1. The minimum absolute atomic E-state index is 0.105. The van der Waals surface area contributed by atoms with Crippen molar-refractivity contribution < 1.29 is 4.52 Å². The monoisotopic (exact) mass is 203 g/mol. The van der Waals surface area contributed by atoms with Gasteiger partial charge in [0.05, 0.1) is 5.69 Å². The van der Waals surface area contributed by atoms with Crippen molar-refractivity contribution in [1.29, 1.82) is 0 Å². The molecule has 0 fully saturated rings. The molecular formula is C13H17NO. The van der Waals surface area contributed by atoms with Gasteiger partial charge in [0.1, 0.15) is 0 Å². The van der Waals surface area contributed by atoms with Crippen molar-refractivity contribution in [2.75, 3.05) is 0 Å². The van der Waals surface area contributed by atoms with Gasteiger partial charge in [-0.3, -0.25) is 0 Å². The molecule has 0 aromatic carbocycles. The molecule has 0 aliphatic heterocycles. The molecule has 1 aromatic rings. The van der Waals surface area contributed by atoms with Crippen LogP contribution in [0, 0.1) is 18.3 Å². The van der Waals surface area contributed by atoms with Crippen LogP contribution in [0.5, 0.6) is 0 Å². The van der Waals surface area contributed by atoms with Gasteiger partial charge >= 0.3 is 0 Å². The van der Waals surface area contributed by atoms with Crippen LogP contribution < -0.4 is 0 Å². The smallest absolute Gasteiger partial charge is 0.166 e. The fourth-order valence-electron chi connectivity index (χ4n) is 1.68. The van der Waals surface area contributed by atoms with Crippen molar-refractivity contribution in [3.05, 3.63) is 29.2 Å². The highest BCUT2D eigenvalue weighted by Gasteiger charge is 2.24. The summed E-state index contributed by atoms with van der Waals surface area (Å²) in [6, 6.07) is 0. The van der Waals surface area contributed by atoms with Gasteiger partial charge in [0.15, 0.2) is 5.76 Å². The highest BCUT2D eigenvalue weighted by Crippen LogP contribution is 2.35. The normalized spacial score (nSPS) is 24.3. The molecule has 1 aliphatic carbocycles. The summed E-state index contributed by atoms with van der Waals surface area (Å²) in [5.74, 6) is 1.44. The molecule has 0 radical (unpaired) electrons. The second-order valence-electron chi connectivity index (χ2n) is 4.73. The zero-order valence-electron chi connectivity index (χ0n) is 9.74. The van der Waals surface area contributed by atoms with E-state index in [4.69, 9.17) is 4.52 Å². The largest absolute Gasteiger partial charge is 0.356 e. The summed E-state index contributed by atoms with van der Waals surface area (Å²) in [7, 11) is 0. The third kappa shape index (κ3) is 1.65. The predicted molar refractivity (Wildman–Crippen MR) is 62.3 cm³/mol. The Balaban J connectivity index is 2.47. The van der Waals surface area contributed by atoms with Crippen LogP contribution in [0.15, 0.2) is 16.7 Å². The zero-order chi connectivity index (χ0) is 11.1. The van der Waals surface area contributed by atoms with Crippen LogP contribution in [0.2, 0.25) is 0 Å². The first kappa shape index (κ1) is 10.2. The number of hydrogen-bond donors (Lipinski definition) is 0. The number of rotatable bonds is 1. The van der Waals surface area contributed by atoms with Crippen LogP contribution in [-0.2, 0) is 0 Å². The van der Waals surface area contributed by atoms with Crippen LogP contribution in [0.4, 0.5) is 0 Å². The Kier molecular flexibility index (Phi) is 2.29. The van der Waals surface area contributed by atoms with Crippen LogP contribution in [0.25, 0.3) is 12.2 Å². The van der Waals surface area contributed by atoms with Crippen molar-refractivity contribution in [1.82, 2.24) is 5.16 Å². The van der Waals surface area contributed by atoms with Gasteiger partial charge in [0.25, 0.3) is 0 Å². The van der Waals surface area contributed by atoms with E-state index in [2.05, 4.69) is 44.2 Å². The van der Waals surface area contributed by atoms with Crippen LogP contribution in [0.1, 0.15) is 37.8 Å². The number of hydrogen-bond acceptors (Lipinski definition) is 2. The molecule has 0 saturated carbocycles. The maximum atomic E-state index is 5.25. The van der Waals surface area contributed by atoms with E-state index in [-0.39, 0.29) is 5.41 Å². The SMILES string of the molecule is Cc1noc2c1C=CC(C)(C(C)C)C=C2. The van der Waals surface area contributed by atoms with E-state index >= 15 is 0 Å². The molecule has 2 nitrogen and oxygen atoms in total. The van der Waals surface area contributed by atoms with Crippen molar-refractivity contribution in [3.63, 3.8) is 0 Å². The summed E-state index contributed by atoms with van der Waals surface area (Å²) in [6.45, 7) is 8.66. The quantitative estimate of drug-likeness (QED) is 0.695. The summed E-state index contributed by atoms with van der Waals surface area (Å²) < 4.78 is 5.25. The lowest BCUT2D eigenvalue weighted by Crippen LogP contribution is -2.16. The van der Waals surface area contributed by atoms with Crippen molar-refractivity contribution >= 4 is 12.2 Å². The Bertz CT molecular complexity index is 426. The molecule has 0 N–H and O–H groups in total. The lowest BCUT2D eigenvalue weighted by atomic mass is 9.79. The first-order chi connectivity index (χ1) is 7.03. The minimum Gasteiger partial charge on any atom is -0.356 e. The maximum Gasteiger partial charge on any atom is 0.166 e. The van der Waals surface area contributed by atoms with Crippen molar-refractivity contribution in [2.24, 2.45) is 11.3 Å². The molecule has 1 heterocycles. The molecule has 1 aromatic heterocycles. The average Bonchev–Trinajstić information content (AvgIpc) is 2.42. The Morgan fingerprint density at radius 1 is 1.27 bits per heavy atom. The Morgan fingerprint density at radius 3 is 2.60 bits per heavy atom. The first-order valence-corrected chi connectivity index (χ1v) is 5.38. The van der Waals surface area contributed by atoms with Crippen molar-refractivity contribution in [2.45, 2.75) is 27.7 Å². The molecule has 0 bridgehead atoms. The Morgan fingerprint density at radius 2 is 1.93 bits per heavy atom. The molecule has 15 heavy (non-hydrogen) atoms. The molecule has 2 heteroatoms. The van der Waals surface area contributed by atoms with Gasteiger partial charge in [-0.15, -0.1) is 0 Å². The van der Waals surface area contributed by atoms with E-state index in [1.165, 1.54) is 0 Å². The van der Waals surface area contributed by atoms with Gasteiger partial charge < -0.3 is 4.52 Å². The highest BCUT2D eigenvalue weighted by atomic mass is 16.5. The molecule has 1 atom stereocenters. The molecule has 0 spiro atoms. The second-order valence-corrected chi connectivity index (χ2v) is 4.73. The molecule has 80 valence electrons. The van der Waals surface area contributed by atoms with E-state index in [0.717, 1.165) is 17.0 Å². The molecular weight excluding hydrogens is 186 g/mol. The van der Waals surface area contributed by atoms with Gasteiger partial charge in [-0.1, -0.05) is 44.2 Å². The molecule has 0 amide bonds. The third-order valence-electron chi connectivity index (χ3n) is 3.38. The minimum atomic E-state index is 0.105. The second kappa shape index (κ2) is 3.37. The number of nitrogens with zero attached hydrogens (tertiary/aromatic N) is 1. The molecule has 1 unspecified atom stereocenters. The standard InChI is InChI=1S/C13H17NO/c1-9(2)13(4)7-5-11-10(3)14-15-12(11)6-8-13/h5-9H,1-4H3. The van der Waals surface area contributed by atoms with E-state index in [0.29, 0.717) is 5.92 Å². The van der Waals surface area contributed by atoms with Gasteiger partial charge in [-0.05, 0) is 18.9 Å². The summed E-state index contributed by atoms with van der Waals surface area (Å²) in [4.78, 5) is 0. The fourth-order valence-corrected chi connectivity index (χ4v) is 1.68.